The third-order valence-electron chi connectivity index (χ3n) is 5.50. The number of ether oxygens (including phenoxy) is 1. The molecule has 168 valence electrons. The van der Waals surface area contributed by atoms with Gasteiger partial charge in [0, 0.05) is 24.6 Å². The molecule has 0 fully saturated rings. The predicted octanol–water partition coefficient (Wildman–Crippen LogP) is 3.60. The minimum Gasteiger partial charge on any atom is -0.463 e. The van der Waals surface area contributed by atoms with Crippen LogP contribution in [0, 0.1) is 12.7 Å². The van der Waals surface area contributed by atoms with Crippen molar-refractivity contribution in [2.24, 2.45) is 0 Å². The van der Waals surface area contributed by atoms with Gasteiger partial charge in [-0.25, -0.2) is 9.18 Å². The SMILES string of the molecule is CCOC(=O)C1=C(C)N(CC(=O)NCc2ccc(F)cc2)C(=O)CC1c1ccc(C)cc1. The highest BCUT2D eigenvalue weighted by atomic mass is 19.1. The van der Waals surface area contributed by atoms with Gasteiger partial charge in [-0.1, -0.05) is 42.0 Å². The molecule has 0 radical (unpaired) electrons. The third kappa shape index (κ3) is 5.41. The van der Waals surface area contributed by atoms with Gasteiger partial charge in [0.05, 0.1) is 12.2 Å². The van der Waals surface area contributed by atoms with E-state index in [1.165, 1.54) is 17.0 Å². The van der Waals surface area contributed by atoms with Gasteiger partial charge in [-0.2, -0.15) is 0 Å². The number of nitrogens with one attached hydrogen (secondary N) is 1. The molecule has 0 aliphatic carbocycles. The van der Waals surface area contributed by atoms with E-state index in [1.54, 1.807) is 26.0 Å². The van der Waals surface area contributed by atoms with E-state index >= 15 is 0 Å². The van der Waals surface area contributed by atoms with Crippen LogP contribution in [0.4, 0.5) is 4.39 Å². The first kappa shape index (κ1) is 23.2. The van der Waals surface area contributed by atoms with Crippen LogP contribution in [0.2, 0.25) is 0 Å². The second kappa shape index (κ2) is 10.2. The van der Waals surface area contributed by atoms with Crippen LogP contribution in [-0.4, -0.2) is 35.8 Å². The molecule has 1 N–H and O–H groups in total. The number of carbonyl (C=O) groups is 3. The van der Waals surface area contributed by atoms with E-state index in [0.717, 1.165) is 16.7 Å². The molecular formula is C25H27FN2O4. The number of rotatable bonds is 7. The lowest BCUT2D eigenvalue weighted by Crippen LogP contribution is -2.44. The molecule has 7 heteroatoms. The Morgan fingerprint density at radius 1 is 1.09 bits per heavy atom. The van der Waals surface area contributed by atoms with E-state index in [9.17, 15) is 18.8 Å². The normalized spacial score (nSPS) is 16.2. The number of carbonyl (C=O) groups excluding carboxylic acids is 3. The molecule has 6 nitrogen and oxygen atoms in total. The number of hydrogen-bond acceptors (Lipinski definition) is 4. The molecule has 2 amide bonds. The summed E-state index contributed by atoms with van der Waals surface area (Å²) in [6.07, 6.45) is 0.0692. The number of esters is 1. The zero-order valence-corrected chi connectivity index (χ0v) is 18.5. The molecule has 1 aliphatic rings. The van der Waals surface area contributed by atoms with Gasteiger partial charge in [0.25, 0.3) is 0 Å². The number of hydrogen-bond donors (Lipinski definition) is 1. The Hall–Kier alpha value is -3.48. The van der Waals surface area contributed by atoms with Crippen molar-refractivity contribution >= 4 is 17.8 Å². The van der Waals surface area contributed by atoms with Gasteiger partial charge in [-0.15, -0.1) is 0 Å². The fraction of sp³-hybridized carbons (Fsp3) is 0.320. The molecule has 32 heavy (non-hydrogen) atoms. The van der Waals surface area contributed by atoms with Crippen molar-refractivity contribution in [3.05, 3.63) is 82.3 Å². The Morgan fingerprint density at radius 2 is 1.75 bits per heavy atom. The summed E-state index contributed by atoms with van der Waals surface area (Å²) in [7, 11) is 0. The first-order chi connectivity index (χ1) is 15.3. The second-order valence-electron chi connectivity index (χ2n) is 7.77. The van der Waals surface area contributed by atoms with Crippen LogP contribution in [0.15, 0.2) is 59.8 Å². The Balaban J connectivity index is 1.81. The van der Waals surface area contributed by atoms with Gasteiger partial charge in [0.1, 0.15) is 12.4 Å². The Kier molecular flexibility index (Phi) is 7.41. The summed E-state index contributed by atoms with van der Waals surface area (Å²) in [5.74, 6) is -1.88. The highest BCUT2D eigenvalue weighted by Gasteiger charge is 2.37. The summed E-state index contributed by atoms with van der Waals surface area (Å²) in [6, 6.07) is 13.5. The topological polar surface area (TPSA) is 75.7 Å². The van der Waals surface area contributed by atoms with E-state index in [2.05, 4.69) is 5.32 Å². The van der Waals surface area contributed by atoms with Crippen molar-refractivity contribution in [1.82, 2.24) is 10.2 Å². The van der Waals surface area contributed by atoms with Crippen LogP contribution < -0.4 is 5.32 Å². The summed E-state index contributed by atoms with van der Waals surface area (Å²) >= 11 is 0. The molecule has 1 heterocycles. The average Bonchev–Trinajstić information content (AvgIpc) is 2.76. The van der Waals surface area contributed by atoms with Crippen molar-refractivity contribution in [3.8, 4) is 0 Å². The third-order valence-corrected chi connectivity index (χ3v) is 5.50. The fourth-order valence-electron chi connectivity index (χ4n) is 3.76. The molecule has 0 bridgehead atoms. The molecule has 3 rings (SSSR count). The molecule has 2 aromatic carbocycles. The number of aryl methyl sites for hydroxylation is 1. The standard InChI is InChI=1S/C25H27FN2O4/c1-4-32-25(31)24-17(3)28(15-22(29)27-14-18-7-11-20(26)12-8-18)23(30)13-21(24)19-9-5-16(2)6-10-19/h5-12,21H,4,13-15H2,1-3H3,(H,27,29). The largest absolute Gasteiger partial charge is 0.463 e. The van der Waals surface area contributed by atoms with Gasteiger partial charge in [-0.05, 0) is 44.0 Å². The van der Waals surface area contributed by atoms with E-state index in [1.807, 2.05) is 31.2 Å². The minimum absolute atomic E-state index is 0.0692. The van der Waals surface area contributed by atoms with Crippen LogP contribution in [-0.2, 0) is 25.7 Å². The summed E-state index contributed by atoms with van der Waals surface area (Å²) in [6.45, 7) is 5.56. The summed E-state index contributed by atoms with van der Waals surface area (Å²) in [5, 5.41) is 2.73. The van der Waals surface area contributed by atoms with Crippen LogP contribution in [0.25, 0.3) is 0 Å². The number of halogens is 1. The number of benzene rings is 2. The Bertz CT molecular complexity index is 1030. The molecule has 0 saturated carbocycles. The first-order valence-corrected chi connectivity index (χ1v) is 10.6. The quantitative estimate of drug-likeness (QED) is 0.671. The van der Waals surface area contributed by atoms with E-state index in [-0.39, 0.29) is 43.7 Å². The summed E-state index contributed by atoms with van der Waals surface area (Å²) in [4.78, 5) is 39.6. The zero-order valence-electron chi connectivity index (χ0n) is 18.5. The fourth-order valence-corrected chi connectivity index (χ4v) is 3.76. The molecule has 0 aromatic heterocycles. The lowest BCUT2D eigenvalue weighted by atomic mass is 9.83. The molecule has 0 spiro atoms. The number of amides is 2. The van der Waals surface area contributed by atoms with E-state index < -0.39 is 11.9 Å². The van der Waals surface area contributed by atoms with Gasteiger partial charge >= 0.3 is 5.97 Å². The smallest absolute Gasteiger partial charge is 0.336 e. The highest BCUT2D eigenvalue weighted by Crippen LogP contribution is 2.37. The first-order valence-electron chi connectivity index (χ1n) is 10.6. The van der Waals surface area contributed by atoms with Crippen molar-refractivity contribution in [1.29, 1.82) is 0 Å². The van der Waals surface area contributed by atoms with Crippen LogP contribution in [0.3, 0.4) is 0 Å². The van der Waals surface area contributed by atoms with Crippen molar-refractivity contribution in [2.75, 3.05) is 13.2 Å². The minimum atomic E-state index is -0.486. The zero-order chi connectivity index (χ0) is 23.3. The number of nitrogens with zero attached hydrogens (tertiary/aromatic N) is 1. The maximum Gasteiger partial charge on any atom is 0.336 e. The van der Waals surface area contributed by atoms with E-state index in [0.29, 0.717) is 11.3 Å². The molecule has 1 aliphatic heterocycles. The van der Waals surface area contributed by atoms with Crippen LogP contribution >= 0.6 is 0 Å². The van der Waals surface area contributed by atoms with E-state index in [4.69, 9.17) is 4.74 Å². The van der Waals surface area contributed by atoms with Crippen molar-refractivity contribution in [2.45, 2.75) is 39.7 Å². The lowest BCUT2D eigenvalue weighted by Gasteiger charge is -2.34. The molecule has 1 unspecified atom stereocenters. The van der Waals surface area contributed by atoms with Crippen molar-refractivity contribution in [3.63, 3.8) is 0 Å². The van der Waals surface area contributed by atoms with Crippen LogP contribution in [0.1, 0.15) is 42.9 Å². The van der Waals surface area contributed by atoms with Gasteiger partial charge < -0.3 is 15.0 Å². The molecule has 2 aromatic rings. The molecular weight excluding hydrogens is 411 g/mol. The predicted molar refractivity (Wildman–Crippen MR) is 118 cm³/mol. The maximum absolute atomic E-state index is 13.0. The lowest BCUT2D eigenvalue weighted by molar-refractivity contribution is -0.141. The Morgan fingerprint density at radius 3 is 2.38 bits per heavy atom. The molecule has 1 atom stereocenters. The summed E-state index contributed by atoms with van der Waals surface area (Å²) < 4.78 is 18.3. The van der Waals surface area contributed by atoms with Gasteiger partial charge in [0.2, 0.25) is 11.8 Å². The molecule has 0 saturated heterocycles. The average molecular weight is 438 g/mol. The monoisotopic (exact) mass is 438 g/mol. The summed E-state index contributed by atoms with van der Waals surface area (Å²) in [5.41, 5.74) is 3.48. The highest BCUT2D eigenvalue weighted by molar-refractivity contribution is 5.97. The van der Waals surface area contributed by atoms with Gasteiger partial charge in [-0.3, -0.25) is 9.59 Å². The number of allylic oxidation sites excluding steroid dienone is 1. The second-order valence-corrected chi connectivity index (χ2v) is 7.77. The van der Waals surface area contributed by atoms with Gasteiger partial charge in [0.15, 0.2) is 0 Å². The van der Waals surface area contributed by atoms with Crippen molar-refractivity contribution < 1.29 is 23.5 Å². The Labute approximate surface area is 187 Å². The maximum atomic E-state index is 13.0. The van der Waals surface area contributed by atoms with Crippen LogP contribution in [0.5, 0.6) is 0 Å².